The summed E-state index contributed by atoms with van der Waals surface area (Å²) in [6.07, 6.45) is 1.63. The van der Waals surface area contributed by atoms with E-state index >= 15 is 0 Å². The lowest BCUT2D eigenvalue weighted by Crippen LogP contribution is -2.31. The average Bonchev–Trinajstić information content (AvgIpc) is 3.34. The van der Waals surface area contributed by atoms with Gasteiger partial charge < -0.3 is 14.4 Å². The number of pyridine rings is 1. The zero-order valence-corrected chi connectivity index (χ0v) is 17.5. The standard InChI is InChI=1S/C25H17ClN2O4/c26-17-9-10-19-16(12-17)13-20(32-19)23(29)21-22(15-6-2-1-3-7-15)28(25(31)24(21)30)14-18-8-4-5-11-27-18/h1-13,22,30H,14H2. The molecule has 5 rings (SSSR count). The largest absolute Gasteiger partial charge is 0.503 e. The molecule has 1 amide bonds. The first-order chi connectivity index (χ1) is 15.5. The summed E-state index contributed by atoms with van der Waals surface area (Å²) in [7, 11) is 0. The lowest BCUT2D eigenvalue weighted by Gasteiger charge is -2.26. The van der Waals surface area contributed by atoms with Gasteiger partial charge in [0.2, 0.25) is 5.78 Å². The number of furan rings is 1. The first kappa shape index (κ1) is 20.0. The number of fused-ring (bicyclic) bond motifs is 1. The Labute approximate surface area is 188 Å². The van der Waals surface area contributed by atoms with Crippen LogP contribution in [0.25, 0.3) is 11.0 Å². The number of ketones is 1. The SMILES string of the molecule is O=C(C1=C(O)C(=O)N(Cc2ccccn2)C1c1ccccc1)c1cc2cc(Cl)ccc2o1. The van der Waals surface area contributed by atoms with Crippen LogP contribution in [0.1, 0.15) is 27.9 Å². The van der Waals surface area contributed by atoms with Gasteiger partial charge in [0.1, 0.15) is 5.58 Å². The summed E-state index contributed by atoms with van der Waals surface area (Å²) in [6, 6.07) is 20.3. The van der Waals surface area contributed by atoms with Crippen LogP contribution in [-0.4, -0.2) is 26.7 Å². The van der Waals surface area contributed by atoms with Gasteiger partial charge in [0.05, 0.1) is 23.9 Å². The van der Waals surface area contributed by atoms with Crippen molar-refractivity contribution in [3.63, 3.8) is 0 Å². The van der Waals surface area contributed by atoms with E-state index in [2.05, 4.69) is 4.98 Å². The van der Waals surface area contributed by atoms with Crippen molar-refractivity contribution in [1.29, 1.82) is 0 Å². The number of aliphatic hydroxyl groups is 1. The van der Waals surface area contributed by atoms with Gasteiger partial charge in [-0.2, -0.15) is 0 Å². The minimum Gasteiger partial charge on any atom is -0.503 e. The van der Waals surface area contributed by atoms with Crippen LogP contribution in [0.4, 0.5) is 0 Å². The average molecular weight is 445 g/mol. The monoisotopic (exact) mass is 444 g/mol. The second-order valence-electron chi connectivity index (χ2n) is 7.45. The van der Waals surface area contributed by atoms with E-state index in [4.69, 9.17) is 16.0 Å². The van der Waals surface area contributed by atoms with Crippen molar-refractivity contribution in [3.05, 3.63) is 112 Å². The number of hydrogen-bond acceptors (Lipinski definition) is 5. The molecule has 158 valence electrons. The number of aliphatic hydroxyl groups excluding tert-OH is 1. The Morgan fingerprint density at radius 2 is 1.84 bits per heavy atom. The van der Waals surface area contributed by atoms with Crippen LogP contribution in [0.15, 0.2) is 94.7 Å². The number of halogens is 1. The number of benzene rings is 2. The van der Waals surface area contributed by atoms with Gasteiger partial charge in [-0.1, -0.05) is 48.0 Å². The third kappa shape index (κ3) is 3.44. The summed E-state index contributed by atoms with van der Waals surface area (Å²) < 4.78 is 5.72. The van der Waals surface area contributed by atoms with Crippen LogP contribution in [0.5, 0.6) is 0 Å². The Balaban J connectivity index is 1.59. The van der Waals surface area contributed by atoms with E-state index in [1.807, 2.05) is 36.4 Å². The minimum atomic E-state index is -0.782. The molecule has 0 radical (unpaired) electrons. The normalized spacial score (nSPS) is 16.2. The highest BCUT2D eigenvalue weighted by Gasteiger charge is 2.44. The van der Waals surface area contributed by atoms with Crippen molar-refractivity contribution >= 4 is 34.3 Å². The number of Topliss-reactive ketones (excluding diaryl/α,β-unsaturated/α-hetero) is 1. The number of hydrogen-bond donors (Lipinski definition) is 1. The highest BCUT2D eigenvalue weighted by molar-refractivity contribution is 6.31. The number of carbonyl (C=O) groups excluding carboxylic acids is 2. The zero-order chi connectivity index (χ0) is 22.2. The molecule has 0 fully saturated rings. The number of carbonyl (C=O) groups is 2. The Hall–Kier alpha value is -3.90. The molecule has 4 aromatic rings. The summed E-state index contributed by atoms with van der Waals surface area (Å²) in [4.78, 5) is 32.3. The van der Waals surface area contributed by atoms with Crippen molar-refractivity contribution in [2.24, 2.45) is 0 Å². The van der Waals surface area contributed by atoms with Gasteiger partial charge in [-0.15, -0.1) is 0 Å². The number of nitrogens with zero attached hydrogens (tertiary/aromatic N) is 2. The molecule has 7 heteroatoms. The molecule has 1 N–H and O–H groups in total. The van der Waals surface area contributed by atoms with Crippen LogP contribution >= 0.6 is 11.6 Å². The molecular weight excluding hydrogens is 428 g/mol. The first-order valence-electron chi connectivity index (χ1n) is 9.95. The fraction of sp³-hybridized carbons (Fsp3) is 0.0800. The number of amides is 1. The Kier molecular flexibility index (Phi) is 4.99. The van der Waals surface area contributed by atoms with Gasteiger partial charge in [-0.05, 0) is 42.0 Å². The van der Waals surface area contributed by atoms with Gasteiger partial charge >= 0.3 is 0 Å². The lowest BCUT2D eigenvalue weighted by atomic mass is 9.95. The predicted molar refractivity (Wildman–Crippen MR) is 119 cm³/mol. The van der Waals surface area contributed by atoms with E-state index in [9.17, 15) is 14.7 Å². The molecule has 0 spiro atoms. The van der Waals surface area contributed by atoms with Gasteiger partial charge in [0.25, 0.3) is 5.91 Å². The molecule has 6 nitrogen and oxygen atoms in total. The molecule has 0 aliphatic carbocycles. The van der Waals surface area contributed by atoms with Gasteiger partial charge in [-0.25, -0.2) is 0 Å². The zero-order valence-electron chi connectivity index (χ0n) is 16.7. The van der Waals surface area contributed by atoms with Gasteiger partial charge in [0.15, 0.2) is 11.5 Å². The van der Waals surface area contributed by atoms with Gasteiger partial charge in [-0.3, -0.25) is 14.6 Å². The molecule has 0 bridgehead atoms. The first-order valence-corrected chi connectivity index (χ1v) is 10.3. The molecule has 1 atom stereocenters. The van der Waals surface area contributed by atoms with E-state index in [0.29, 0.717) is 27.2 Å². The second kappa shape index (κ2) is 7.98. The fourth-order valence-corrected chi connectivity index (χ4v) is 4.14. The summed E-state index contributed by atoms with van der Waals surface area (Å²) in [5, 5.41) is 11.9. The molecular formula is C25H17ClN2O4. The molecule has 2 aromatic carbocycles. The van der Waals surface area contributed by atoms with Crippen LogP contribution < -0.4 is 0 Å². The molecule has 1 aliphatic heterocycles. The van der Waals surface area contributed by atoms with Crippen LogP contribution in [0.2, 0.25) is 5.02 Å². The summed E-state index contributed by atoms with van der Waals surface area (Å²) in [5.41, 5.74) is 1.80. The van der Waals surface area contributed by atoms with E-state index < -0.39 is 23.5 Å². The third-order valence-electron chi connectivity index (χ3n) is 5.42. The molecule has 0 saturated carbocycles. The smallest absolute Gasteiger partial charge is 0.290 e. The Morgan fingerprint density at radius 1 is 1.06 bits per heavy atom. The summed E-state index contributed by atoms with van der Waals surface area (Å²) >= 11 is 6.04. The molecule has 0 saturated heterocycles. The summed E-state index contributed by atoms with van der Waals surface area (Å²) in [5.74, 6) is -1.75. The Bertz CT molecular complexity index is 1360. The topological polar surface area (TPSA) is 83.6 Å². The van der Waals surface area contributed by atoms with Gasteiger partial charge in [0, 0.05) is 16.6 Å². The number of aromatic nitrogens is 1. The van der Waals surface area contributed by atoms with Crippen LogP contribution in [0.3, 0.4) is 0 Å². The molecule has 32 heavy (non-hydrogen) atoms. The van der Waals surface area contributed by atoms with Crippen molar-refractivity contribution in [2.75, 3.05) is 0 Å². The van der Waals surface area contributed by atoms with Crippen LogP contribution in [0, 0.1) is 0 Å². The quantitative estimate of drug-likeness (QED) is 0.424. The molecule has 3 heterocycles. The van der Waals surface area contributed by atoms with Crippen molar-refractivity contribution in [3.8, 4) is 0 Å². The molecule has 1 unspecified atom stereocenters. The maximum atomic E-state index is 13.5. The lowest BCUT2D eigenvalue weighted by molar-refractivity contribution is -0.130. The van der Waals surface area contributed by atoms with E-state index in [1.54, 1.807) is 42.6 Å². The maximum absolute atomic E-state index is 13.5. The highest BCUT2D eigenvalue weighted by Crippen LogP contribution is 2.40. The van der Waals surface area contributed by atoms with Crippen molar-refractivity contribution < 1.29 is 19.1 Å². The molecule has 1 aliphatic rings. The van der Waals surface area contributed by atoms with E-state index in [1.165, 1.54) is 4.90 Å². The summed E-state index contributed by atoms with van der Waals surface area (Å²) in [6.45, 7) is 0.135. The second-order valence-corrected chi connectivity index (χ2v) is 7.89. The van der Waals surface area contributed by atoms with Crippen LogP contribution in [-0.2, 0) is 11.3 Å². The van der Waals surface area contributed by atoms with E-state index in [0.717, 1.165) is 0 Å². The maximum Gasteiger partial charge on any atom is 0.290 e. The van der Waals surface area contributed by atoms with Crippen molar-refractivity contribution in [2.45, 2.75) is 12.6 Å². The van der Waals surface area contributed by atoms with Crippen molar-refractivity contribution in [1.82, 2.24) is 9.88 Å². The molecule has 2 aromatic heterocycles. The Morgan fingerprint density at radius 3 is 2.59 bits per heavy atom. The predicted octanol–water partition coefficient (Wildman–Crippen LogP) is 5.26. The third-order valence-corrected chi connectivity index (χ3v) is 5.66. The minimum absolute atomic E-state index is 0.0252. The number of rotatable bonds is 5. The highest BCUT2D eigenvalue weighted by atomic mass is 35.5. The fourth-order valence-electron chi connectivity index (χ4n) is 3.96. The van der Waals surface area contributed by atoms with E-state index in [-0.39, 0.29) is 17.9 Å².